The monoisotopic (exact) mass is 469 g/mol. The molecule has 1 aromatic carbocycles. The van der Waals surface area contributed by atoms with E-state index in [4.69, 9.17) is 16.3 Å². The van der Waals surface area contributed by atoms with E-state index in [0.29, 0.717) is 18.6 Å². The molecule has 0 bridgehead atoms. The summed E-state index contributed by atoms with van der Waals surface area (Å²) < 4.78 is 49.6. The van der Waals surface area contributed by atoms with Gasteiger partial charge < -0.3 is 10.1 Å². The molecule has 0 aliphatic carbocycles. The van der Waals surface area contributed by atoms with E-state index in [1.165, 1.54) is 10.8 Å². The minimum Gasteiger partial charge on any atom is -0.458 e. The van der Waals surface area contributed by atoms with Crippen LogP contribution in [0.15, 0.2) is 18.5 Å². The highest BCUT2D eigenvalue weighted by Crippen LogP contribution is 2.38. The van der Waals surface area contributed by atoms with Crippen molar-refractivity contribution < 1.29 is 22.7 Å². The van der Waals surface area contributed by atoms with E-state index in [9.17, 15) is 18.0 Å². The van der Waals surface area contributed by atoms with E-state index >= 15 is 0 Å². The van der Waals surface area contributed by atoms with Gasteiger partial charge in [-0.3, -0.25) is 0 Å². The molecule has 0 saturated heterocycles. The lowest BCUT2D eigenvalue weighted by molar-refractivity contribution is -0.156. The molecule has 1 unspecified atom stereocenters. The summed E-state index contributed by atoms with van der Waals surface area (Å²) in [5.41, 5.74) is -1.60. The van der Waals surface area contributed by atoms with E-state index in [1.807, 2.05) is 13.8 Å². The first-order valence-electron chi connectivity index (χ1n) is 9.91. The lowest BCUT2D eigenvalue weighted by atomic mass is 10.0. The Morgan fingerprint density at radius 2 is 1.81 bits per heavy atom. The van der Waals surface area contributed by atoms with E-state index in [0.717, 1.165) is 0 Å². The second kappa shape index (κ2) is 8.93. The maximum Gasteiger partial charge on any atom is 0.329 e. The Bertz CT molecular complexity index is 1140. The highest BCUT2D eigenvalue weighted by Gasteiger charge is 2.30. The molecule has 32 heavy (non-hydrogen) atoms. The Labute approximate surface area is 188 Å². The molecular weight excluding hydrogens is 447 g/mol. The summed E-state index contributed by atoms with van der Waals surface area (Å²) in [7, 11) is 0. The van der Waals surface area contributed by atoms with Gasteiger partial charge in [0.15, 0.2) is 0 Å². The van der Waals surface area contributed by atoms with Crippen molar-refractivity contribution in [2.24, 2.45) is 5.92 Å². The number of anilines is 1. The van der Waals surface area contributed by atoms with Crippen LogP contribution in [0.1, 0.15) is 41.0 Å². The fraction of sp³-hybridized carbons (Fsp3) is 0.429. The van der Waals surface area contributed by atoms with Gasteiger partial charge in [-0.15, -0.1) is 0 Å². The Balaban J connectivity index is 2.21. The van der Waals surface area contributed by atoms with Crippen LogP contribution in [-0.4, -0.2) is 37.2 Å². The van der Waals surface area contributed by atoms with Crippen LogP contribution in [0.5, 0.6) is 0 Å². The number of esters is 1. The molecule has 0 fully saturated rings. The van der Waals surface area contributed by atoms with Crippen LogP contribution in [0.4, 0.5) is 19.0 Å². The molecule has 0 aliphatic heterocycles. The zero-order valence-corrected chi connectivity index (χ0v) is 19.0. The van der Waals surface area contributed by atoms with E-state index < -0.39 is 40.6 Å². The molecule has 2 aromatic heterocycles. The van der Waals surface area contributed by atoms with Crippen molar-refractivity contribution in [3.8, 4) is 11.1 Å². The van der Waals surface area contributed by atoms with Gasteiger partial charge in [0.05, 0.1) is 11.1 Å². The van der Waals surface area contributed by atoms with Crippen LogP contribution in [0, 0.1) is 23.4 Å². The smallest absolute Gasteiger partial charge is 0.329 e. The SMILES string of the molecule is CC(C)CC(Nc1c(-c2c(F)cc(F)cc2F)c(Cl)nc2ncnn12)C(=O)OC(C)(C)C. The van der Waals surface area contributed by atoms with E-state index in [1.54, 1.807) is 20.8 Å². The molecule has 0 aliphatic rings. The normalized spacial score (nSPS) is 12.9. The number of fused-ring (bicyclic) bond motifs is 1. The molecule has 3 rings (SSSR count). The number of hydrogen-bond acceptors (Lipinski definition) is 6. The lowest BCUT2D eigenvalue weighted by Crippen LogP contribution is -2.38. The van der Waals surface area contributed by atoms with Gasteiger partial charge in [-0.25, -0.2) is 18.0 Å². The molecule has 0 amide bonds. The molecule has 2 heterocycles. The quantitative estimate of drug-likeness (QED) is 0.403. The van der Waals surface area contributed by atoms with Gasteiger partial charge in [0.1, 0.15) is 46.4 Å². The molecule has 11 heteroatoms. The summed E-state index contributed by atoms with van der Waals surface area (Å²) >= 11 is 6.28. The van der Waals surface area contributed by atoms with Gasteiger partial charge in [0.25, 0.3) is 5.78 Å². The summed E-state index contributed by atoms with van der Waals surface area (Å²) in [4.78, 5) is 20.9. The lowest BCUT2D eigenvalue weighted by Gasteiger charge is -2.27. The molecule has 0 spiro atoms. The minimum absolute atomic E-state index is 0.0292. The van der Waals surface area contributed by atoms with Crippen molar-refractivity contribution >= 4 is 29.2 Å². The summed E-state index contributed by atoms with van der Waals surface area (Å²) in [6.45, 7) is 8.99. The van der Waals surface area contributed by atoms with E-state index in [-0.39, 0.29) is 28.2 Å². The summed E-state index contributed by atoms with van der Waals surface area (Å²) in [5, 5.41) is 6.71. The standard InChI is InChI=1S/C21H23ClF3N5O2/c1-10(2)6-14(19(31)32-21(3,4)5)28-18-16(15-12(24)7-11(23)8-13(15)25)17(22)29-20-26-9-27-30(18)20/h7-10,14,28H,6H2,1-5H3. The summed E-state index contributed by atoms with van der Waals surface area (Å²) in [6.07, 6.45) is 1.51. The average Bonchev–Trinajstić information content (AvgIpc) is 3.08. The van der Waals surface area contributed by atoms with Crippen molar-refractivity contribution in [2.45, 2.75) is 52.7 Å². The number of carbonyl (C=O) groups is 1. The highest BCUT2D eigenvalue weighted by molar-refractivity contribution is 6.33. The van der Waals surface area contributed by atoms with Crippen molar-refractivity contribution in [3.05, 3.63) is 41.1 Å². The fourth-order valence-corrected chi connectivity index (χ4v) is 3.44. The van der Waals surface area contributed by atoms with Crippen LogP contribution in [0.25, 0.3) is 16.9 Å². The van der Waals surface area contributed by atoms with Gasteiger partial charge in [-0.05, 0) is 33.1 Å². The molecule has 1 N–H and O–H groups in total. The van der Waals surface area contributed by atoms with Gasteiger partial charge in [0, 0.05) is 12.1 Å². The number of carbonyl (C=O) groups excluding carboxylic acids is 1. The fourth-order valence-electron chi connectivity index (χ4n) is 3.18. The zero-order valence-electron chi connectivity index (χ0n) is 18.2. The van der Waals surface area contributed by atoms with Crippen LogP contribution in [0.3, 0.4) is 0 Å². The topological polar surface area (TPSA) is 81.4 Å². The largest absolute Gasteiger partial charge is 0.458 e. The van der Waals surface area contributed by atoms with Crippen LogP contribution in [0.2, 0.25) is 5.15 Å². The number of benzene rings is 1. The van der Waals surface area contributed by atoms with Crippen molar-refractivity contribution in [1.29, 1.82) is 0 Å². The molecular formula is C21H23ClF3N5O2. The number of rotatable bonds is 6. The summed E-state index contributed by atoms with van der Waals surface area (Å²) in [6, 6.07) is 0.151. The molecule has 3 aromatic rings. The Morgan fingerprint density at radius 1 is 1.19 bits per heavy atom. The highest BCUT2D eigenvalue weighted by atomic mass is 35.5. The van der Waals surface area contributed by atoms with Crippen molar-refractivity contribution in [1.82, 2.24) is 19.6 Å². The van der Waals surface area contributed by atoms with Crippen LogP contribution < -0.4 is 5.32 Å². The number of nitrogens with zero attached hydrogens (tertiary/aromatic N) is 4. The maximum atomic E-state index is 14.7. The minimum atomic E-state index is -1.19. The first kappa shape index (κ1) is 23.8. The number of aromatic nitrogens is 4. The maximum absolute atomic E-state index is 14.7. The Kier molecular flexibility index (Phi) is 6.64. The molecule has 7 nitrogen and oxygen atoms in total. The molecule has 0 saturated carbocycles. The molecule has 1 atom stereocenters. The van der Waals surface area contributed by atoms with Gasteiger partial charge in [-0.2, -0.15) is 19.6 Å². The third-order valence-corrected chi connectivity index (χ3v) is 4.62. The molecule has 0 radical (unpaired) electrons. The van der Waals surface area contributed by atoms with Gasteiger partial charge >= 0.3 is 5.97 Å². The Morgan fingerprint density at radius 3 is 2.38 bits per heavy atom. The number of halogens is 4. The van der Waals surface area contributed by atoms with E-state index in [2.05, 4.69) is 20.4 Å². The predicted molar refractivity (Wildman–Crippen MR) is 114 cm³/mol. The third kappa shape index (κ3) is 5.12. The second-order valence-corrected chi connectivity index (χ2v) is 9.06. The summed E-state index contributed by atoms with van der Waals surface area (Å²) in [5.74, 6) is -3.96. The number of hydrogen-bond donors (Lipinski definition) is 1. The van der Waals surface area contributed by atoms with Crippen LogP contribution in [-0.2, 0) is 9.53 Å². The predicted octanol–water partition coefficient (Wildman–Crippen LogP) is 5.03. The van der Waals surface area contributed by atoms with Crippen molar-refractivity contribution in [3.63, 3.8) is 0 Å². The average molecular weight is 470 g/mol. The van der Waals surface area contributed by atoms with Gasteiger partial charge in [-0.1, -0.05) is 25.4 Å². The van der Waals surface area contributed by atoms with Crippen LogP contribution >= 0.6 is 11.6 Å². The number of ether oxygens (including phenoxy) is 1. The van der Waals surface area contributed by atoms with Gasteiger partial charge in [0.2, 0.25) is 0 Å². The number of nitrogens with one attached hydrogen (secondary N) is 1. The first-order chi connectivity index (χ1) is 14.9. The second-order valence-electron chi connectivity index (χ2n) is 8.70. The van der Waals surface area contributed by atoms with Crippen molar-refractivity contribution in [2.75, 3.05) is 5.32 Å². The Hall–Kier alpha value is -2.88. The first-order valence-corrected chi connectivity index (χ1v) is 10.3. The molecule has 172 valence electrons. The zero-order chi connectivity index (χ0) is 23.8. The third-order valence-electron chi connectivity index (χ3n) is 4.35.